The second kappa shape index (κ2) is 6.74. The summed E-state index contributed by atoms with van der Waals surface area (Å²) in [7, 11) is 0. The van der Waals surface area contributed by atoms with Crippen molar-refractivity contribution < 1.29 is 4.39 Å². The Morgan fingerprint density at radius 3 is 2.70 bits per heavy atom. The van der Waals surface area contributed by atoms with Gasteiger partial charge in [-0.25, -0.2) is 9.37 Å². The molecule has 0 aliphatic heterocycles. The second-order valence-corrected chi connectivity index (χ2v) is 6.06. The van der Waals surface area contributed by atoms with E-state index >= 15 is 0 Å². The number of rotatable bonds is 3. The fourth-order valence-corrected chi connectivity index (χ4v) is 3.05. The Morgan fingerprint density at radius 2 is 2.00 bits per heavy atom. The average Bonchev–Trinajstić information content (AvgIpc) is 3.03. The molecule has 112 valence electrons. The Hall–Kier alpha value is -2.48. The minimum absolute atomic E-state index is 0.289. The van der Waals surface area contributed by atoms with E-state index in [0.717, 1.165) is 16.8 Å². The van der Waals surface area contributed by atoms with E-state index < -0.39 is 0 Å². The highest BCUT2D eigenvalue weighted by Crippen LogP contribution is 2.27. The predicted molar refractivity (Wildman–Crippen MR) is 92.4 cm³/mol. The van der Waals surface area contributed by atoms with Crippen LogP contribution >= 0.6 is 22.9 Å². The van der Waals surface area contributed by atoms with E-state index in [1.165, 1.54) is 23.5 Å². The van der Waals surface area contributed by atoms with Gasteiger partial charge < -0.3 is 0 Å². The number of hydrogen-bond acceptors (Lipinski definition) is 3. The molecule has 0 bridgehead atoms. The lowest BCUT2D eigenvalue weighted by molar-refractivity contribution is 0.628. The number of hydrogen-bond donors (Lipinski definition) is 0. The van der Waals surface area contributed by atoms with Crippen molar-refractivity contribution in [1.29, 1.82) is 5.26 Å². The molecule has 5 heteroatoms. The number of allylic oxidation sites excluding steroid dienone is 1. The van der Waals surface area contributed by atoms with E-state index in [-0.39, 0.29) is 5.82 Å². The van der Waals surface area contributed by atoms with Gasteiger partial charge in [0.1, 0.15) is 16.9 Å². The summed E-state index contributed by atoms with van der Waals surface area (Å²) in [5, 5.41) is 12.5. The number of benzene rings is 2. The fraction of sp³-hybridized carbons (Fsp3) is 0. The Morgan fingerprint density at radius 1 is 1.22 bits per heavy atom. The first-order chi connectivity index (χ1) is 11.2. The van der Waals surface area contributed by atoms with Crippen LogP contribution in [0.25, 0.3) is 22.9 Å². The van der Waals surface area contributed by atoms with Gasteiger partial charge in [0, 0.05) is 16.0 Å². The third-order valence-electron chi connectivity index (χ3n) is 3.15. The minimum Gasteiger partial charge on any atom is -0.235 e. The van der Waals surface area contributed by atoms with Crippen molar-refractivity contribution in [2.75, 3.05) is 0 Å². The van der Waals surface area contributed by atoms with E-state index in [4.69, 9.17) is 11.6 Å². The highest BCUT2D eigenvalue weighted by Gasteiger charge is 2.09. The van der Waals surface area contributed by atoms with Gasteiger partial charge in [-0.2, -0.15) is 5.26 Å². The van der Waals surface area contributed by atoms with Crippen LogP contribution in [0.5, 0.6) is 0 Å². The van der Waals surface area contributed by atoms with Crippen molar-refractivity contribution >= 4 is 34.6 Å². The van der Waals surface area contributed by atoms with Crippen molar-refractivity contribution in [3.05, 3.63) is 75.3 Å². The Balaban J connectivity index is 1.94. The van der Waals surface area contributed by atoms with E-state index in [0.29, 0.717) is 15.6 Å². The first-order valence-electron chi connectivity index (χ1n) is 6.75. The molecule has 0 unspecified atom stereocenters. The summed E-state index contributed by atoms with van der Waals surface area (Å²) in [6, 6.07) is 15.5. The van der Waals surface area contributed by atoms with E-state index in [9.17, 15) is 9.65 Å². The average molecular weight is 341 g/mol. The molecule has 0 N–H and O–H groups in total. The molecule has 0 atom stereocenters. The number of thiazole rings is 1. The van der Waals surface area contributed by atoms with Gasteiger partial charge in [0.25, 0.3) is 0 Å². The van der Waals surface area contributed by atoms with Gasteiger partial charge in [-0.1, -0.05) is 23.7 Å². The lowest BCUT2D eigenvalue weighted by atomic mass is 10.1. The lowest BCUT2D eigenvalue weighted by Gasteiger charge is -1.97. The fourth-order valence-electron chi connectivity index (χ4n) is 2.06. The molecule has 0 spiro atoms. The summed E-state index contributed by atoms with van der Waals surface area (Å²) >= 11 is 7.33. The third kappa shape index (κ3) is 3.65. The predicted octanol–water partition coefficient (Wildman–Crippen LogP) is 5.67. The molecule has 0 fully saturated rings. The molecular formula is C18H10ClFN2S. The van der Waals surface area contributed by atoms with Gasteiger partial charge >= 0.3 is 0 Å². The van der Waals surface area contributed by atoms with Crippen molar-refractivity contribution in [1.82, 2.24) is 4.98 Å². The van der Waals surface area contributed by atoms with Gasteiger partial charge in [-0.05, 0) is 48.0 Å². The summed E-state index contributed by atoms with van der Waals surface area (Å²) in [6.07, 6.45) is 1.75. The number of nitriles is 1. The third-order valence-corrected chi connectivity index (χ3v) is 4.27. The molecule has 1 heterocycles. The van der Waals surface area contributed by atoms with Gasteiger partial charge in [0.2, 0.25) is 0 Å². The van der Waals surface area contributed by atoms with Crippen LogP contribution in [0.15, 0.2) is 53.9 Å². The van der Waals surface area contributed by atoms with Crippen molar-refractivity contribution in [2.45, 2.75) is 0 Å². The lowest BCUT2D eigenvalue weighted by Crippen LogP contribution is -1.83. The molecule has 2 aromatic carbocycles. The summed E-state index contributed by atoms with van der Waals surface area (Å²) in [5.74, 6) is -0.289. The molecule has 0 saturated heterocycles. The number of aromatic nitrogens is 1. The van der Waals surface area contributed by atoms with Gasteiger partial charge in [0.15, 0.2) is 0 Å². The van der Waals surface area contributed by atoms with Gasteiger partial charge in [-0.3, -0.25) is 0 Å². The molecule has 23 heavy (non-hydrogen) atoms. The Kier molecular flexibility index (Phi) is 4.52. The minimum atomic E-state index is -0.289. The molecular weight excluding hydrogens is 331 g/mol. The first-order valence-corrected chi connectivity index (χ1v) is 8.00. The maximum absolute atomic E-state index is 13.0. The summed E-state index contributed by atoms with van der Waals surface area (Å²) in [4.78, 5) is 4.47. The zero-order chi connectivity index (χ0) is 16.2. The Bertz CT molecular complexity index is 907. The molecule has 0 aliphatic carbocycles. The van der Waals surface area contributed by atoms with Crippen molar-refractivity contribution in [3.8, 4) is 17.3 Å². The largest absolute Gasteiger partial charge is 0.235 e. The summed E-state index contributed by atoms with van der Waals surface area (Å²) < 4.78 is 13.0. The van der Waals surface area contributed by atoms with Crippen LogP contribution in [0.3, 0.4) is 0 Å². The van der Waals surface area contributed by atoms with Gasteiger partial charge in [0.05, 0.1) is 11.3 Å². The molecule has 0 aliphatic rings. The van der Waals surface area contributed by atoms with Crippen LogP contribution in [0.4, 0.5) is 4.39 Å². The van der Waals surface area contributed by atoms with Crippen LogP contribution in [0, 0.1) is 17.1 Å². The van der Waals surface area contributed by atoms with Crippen LogP contribution in [-0.4, -0.2) is 4.98 Å². The molecule has 3 rings (SSSR count). The standard InChI is InChI=1S/C18H10ClFN2S/c19-15-3-1-2-12(9-15)8-14(10-21)18-22-17(11-23-18)13-4-6-16(20)7-5-13/h1-9,11H/b14-8-. The molecule has 0 radical (unpaired) electrons. The highest BCUT2D eigenvalue weighted by atomic mass is 35.5. The summed E-state index contributed by atoms with van der Waals surface area (Å²) in [5.41, 5.74) is 2.84. The topological polar surface area (TPSA) is 36.7 Å². The molecule has 0 amide bonds. The van der Waals surface area contributed by atoms with Crippen LogP contribution in [-0.2, 0) is 0 Å². The molecule has 0 saturated carbocycles. The Labute approximate surface area is 142 Å². The van der Waals surface area contributed by atoms with Gasteiger partial charge in [-0.15, -0.1) is 11.3 Å². The quantitative estimate of drug-likeness (QED) is 0.576. The summed E-state index contributed by atoms with van der Waals surface area (Å²) in [6.45, 7) is 0. The highest BCUT2D eigenvalue weighted by molar-refractivity contribution is 7.11. The molecule has 2 nitrogen and oxygen atoms in total. The first kappa shape index (κ1) is 15.4. The maximum Gasteiger partial charge on any atom is 0.134 e. The molecule has 1 aromatic heterocycles. The van der Waals surface area contributed by atoms with Crippen molar-refractivity contribution in [2.24, 2.45) is 0 Å². The zero-order valence-electron chi connectivity index (χ0n) is 11.8. The zero-order valence-corrected chi connectivity index (χ0v) is 13.4. The molecule has 3 aromatic rings. The van der Waals surface area contributed by atoms with Crippen LogP contribution in [0.2, 0.25) is 5.02 Å². The van der Waals surface area contributed by atoms with E-state index in [1.807, 2.05) is 17.5 Å². The SMILES string of the molecule is N#C/C(=C/c1cccc(Cl)c1)c1nc(-c2ccc(F)cc2)cs1. The van der Waals surface area contributed by atoms with Crippen molar-refractivity contribution in [3.63, 3.8) is 0 Å². The van der Waals surface area contributed by atoms with E-state index in [2.05, 4.69) is 11.1 Å². The monoisotopic (exact) mass is 340 g/mol. The number of nitrogens with zero attached hydrogens (tertiary/aromatic N) is 2. The number of halogens is 2. The van der Waals surface area contributed by atoms with Crippen LogP contribution in [0.1, 0.15) is 10.6 Å². The normalized spacial score (nSPS) is 11.3. The van der Waals surface area contributed by atoms with Crippen LogP contribution < -0.4 is 0 Å². The second-order valence-electron chi connectivity index (χ2n) is 4.77. The van der Waals surface area contributed by atoms with E-state index in [1.54, 1.807) is 30.3 Å². The smallest absolute Gasteiger partial charge is 0.134 e. The maximum atomic E-state index is 13.0.